The van der Waals surface area contributed by atoms with Crippen LogP contribution in [0, 0.1) is 5.92 Å². The molecule has 0 saturated heterocycles. The average molecular weight is 293 g/mol. The van der Waals surface area contributed by atoms with Gasteiger partial charge in [0.05, 0.1) is 6.54 Å². The highest BCUT2D eigenvalue weighted by atomic mass is 32.1. The van der Waals surface area contributed by atoms with E-state index in [-0.39, 0.29) is 5.91 Å². The first-order chi connectivity index (χ1) is 9.65. The molecule has 0 radical (unpaired) electrons. The van der Waals surface area contributed by atoms with Crippen molar-refractivity contribution in [1.29, 1.82) is 0 Å². The van der Waals surface area contributed by atoms with E-state index in [4.69, 9.17) is 5.11 Å². The summed E-state index contributed by atoms with van der Waals surface area (Å²) in [7, 11) is 0. The maximum atomic E-state index is 11.9. The number of nitrogens with one attached hydrogen (secondary N) is 1. The van der Waals surface area contributed by atoms with Crippen LogP contribution < -0.4 is 5.32 Å². The molecule has 2 rings (SSSR count). The number of rotatable bonds is 6. The average Bonchev–Trinajstić information content (AvgIpc) is 3.04. The minimum Gasteiger partial charge on any atom is -0.478 e. The van der Waals surface area contributed by atoms with Crippen LogP contribution in [0.15, 0.2) is 17.5 Å². The molecule has 1 aliphatic carbocycles. The molecule has 1 saturated carbocycles. The fraction of sp³-hybridized carbons (Fsp3) is 0.467. The second-order valence-electron chi connectivity index (χ2n) is 5.10. The normalized spacial score (nSPS) is 15.8. The Morgan fingerprint density at radius 1 is 1.40 bits per heavy atom. The van der Waals surface area contributed by atoms with Gasteiger partial charge in [-0.15, -0.1) is 11.3 Å². The molecule has 20 heavy (non-hydrogen) atoms. The minimum absolute atomic E-state index is 0.0958. The van der Waals surface area contributed by atoms with Gasteiger partial charge in [-0.2, -0.15) is 0 Å². The Kier molecular flexibility index (Phi) is 5.35. The van der Waals surface area contributed by atoms with E-state index in [9.17, 15) is 9.59 Å². The van der Waals surface area contributed by atoms with Crippen molar-refractivity contribution in [2.75, 3.05) is 0 Å². The molecule has 1 aliphatic rings. The van der Waals surface area contributed by atoms with Crippen LogP contribution in [-0.2, 0) is 16.1 Å². The number of thiophene rings is 1. The topological polar surface area (TPSA) is 66.4 Å². The van der Waals surface area contributed by atoms with E-state index >= 15 is 0 Å². The molecular weight excluding hydrogens is 274 g/mol. The van der Waals surface area contributed by atoms with Crippen molar-refractivity contribution in [2.45, 2.75) is 38.6 Å². The molecule has 0 unspecified atom stereocenters. The molecule has 0 aliphatic heterocycles. The second kappa shape index (κ2) is 7.24. The van der Waals surface area contributed by atoms with Crippen LogP contribution >= 0.6 is 11.3 Å². The number of hydrogen-bond acceptors (Lipinski definition) is 3. The molecule has 1 aromatic rings. The van der Waals surface area contributed by atoms with Gasteiger partial charge in [0.2, 0.25) is 5.91 Å². The maximum absolute atomic E-state index is 11.9. The van der Waals surface area contributed by atoms with Crippen LogP contribution in [0.3, 0.4) is 0 Å². The quantitative estimate of drug-likeness (QED) is 0.792. The molecule has 5 heteroatoms. The Balaban J connectivity index is 1.82. The molecule has 0 spiro atoms. The zero-order valence-corrected chi connectivity index (χ0v) is 12.1. The minimum atomic E-state index is -0.965. The molecule has 4 nitrogen and oxygen atoms in total. The third kappa shape index (κ3) is 4.49. The van der Waals surface area contributed by atoms with E-state index in [1.54, 1.807) is 6.08 Å². The van der Waals surface area contributed by atoms with E-state index in [1.807, 2.05) is 11.4 Å². The zero-order chi connectivity index (χ0) is 14.4. The Morgan fingerprint density at radius 2 is 2.15 bits per heavy atom. The Hall–Kier alpha value is -1.62. The lowest BCUT2D eigenvalue weighted by Crippen LogP contribution is -2.24. The molecular formula is C15H19NO3S. The van der Waals surface area contributed by atoms with E-state index in [0.717, 1.165) is 16.5 Å². The molecule has 1 fully saturated rings. The van der Waals surface area contributed by atoms with Gasteiger partial charge in [-0.1, -0.05) is 12.8 Å². The van der Waals surface area contributed by atoms with Gasteiger partial charge in [0, 0.05) is 17.4 Å². The van der Waals surface area contributed by atoms with E-state index in [2.05, 4.69) is 5.32 Å². The Labute approximate surface area is 122 Å². The monoisotopic (exact) mass is 293 g/mol. The van der Waals surface area contributed by atoms with E-state index in [0.29, 0.717) is 18.9 Å². The second-order valence-corrected chi connectivity index (χ2v) is 6.10. The molecule has 0 aromatic carbocycles. The van der Waals surface area contributed by atoms with E-state index < -0.39 is 5.97 Å². The summed E-state index contributed by atoms with van der Waals surface area (Å²) in [6.45, 7) is 0.475. The van der Waals surface area contributed by atoms with Gasteiger partial charge in [-0.3, -0.25) is 4.79 Å². The van der Waals surface area contributed by atoms with Gasteiger partial charge in [0.25, 0.3) is 0 Å². The number of amides is 1. The molecule has 1 aromatic heterocycles. The van der Waals surface area contributed by atoms with Crippen LogP contribution in [0.2, 0.25) is 0 Å². The van der Waals surface area contributed by atoms with Gasteiger partial charge in [-0.05, 0) is 41.8 Å². The number of carboxylic acid groups (broad SMARTS) is 1. The number of carboxylic acids is 1. The highest BCUT2D eigenvalue weighted by Gasteiger charge is 2.18. The van der Waals surface area contributed by atoms with Crippen molar-refractivity contribution < 1.29 is 14.7 Å². The SMILES string of the molecule is O=C(O)/C=C/c1ccsc1CNC(=O)CC1CCCC1. The summed E-state index contributed by atoms with van der Waals surface area (Å²) in [4.78, 5) is 23.4. The molecule has 2 N–H and O–H groups in total. The number of carbonyl (C=O) groups is 2. The number of carbonyl (C=O) groups excluding carboxylic acids is 1. The third-order valence-electron chi connectivity index (χ3n) is 3.58. The Morgan fingerprint density at radius 3 is 2.85 bits per heavy atom. The van der Waals surface area contributed by atoms with Gasteiger partial charge in [0.1, 0.15) is 0 Å². The van der Waals surface area contributed by atoms with Gasteiger partial charge in [-0.25, -0.2) is 4.79 Å². The molecule has 0 bridgehead atoms. The predicted octanol–water partition coefficient (Wildman–Crippen LogP) is 3.04. The van der Waals surface area contributed by atoms with Gasteiger partial charge in [0.15, 0.2) is 0 Å². The summed E-state index contributed by atoms with van der Waals surface area (Å²) in [6.07, 6.45) is 8.12. The molecule has 108 valence electrons. The molecule has 1 heterocycles. The van der Waals surface area contributed by atoms with Crippen LogP contribution in [0.5, 0.6) is 0 Å². The smallest absolute Gasteiger partial charge is 0.328 e. The standard InChI is InChI=1S/C15H19NO3S/c17-14(9-11-3-1-2-4-11)16-10-13-12(7-8-20-13)5-6-15(18)19/h5-8,11H,1-4,9-10H2,(H,16,17)(H,18,19)/b6-5+. The van der Waals surface area contributed by atoms with Crippen LogP contribution in [0.1, 0.15) is 42.5 Å². The summed E-state index contributed by atoms with van der Waals surface area (Å²) in [5.74, 6) is -0.324. The highest BCUT2D eigenvalue weighted by molar-refractivity contribution is 7.10. The lowest BCUT2D eigenvalue weighted by molar-refractivity contribution is -0.131. The highest BCUT2D eigenvalue weighted by Crippen LogP contribution is 2.27. The van der Waals surface area contributed by atoms with Crippen molar-refractivity contribution in [1.82, 2.24) is 5.32 Å². The number of aliphatic carboxylic acids is 1. The van der Waals surface area contributed by atoms with Crippen molar-refractivity contribution in [3.63, 3.8) is 0 Å². The van der Waals surface area contributed by atoms with Crippen LogP contribution in [-0.4, -0.2) is 17.0 Å². The van der Waals surface area contributed by atoms with Crippen molar-refractivity contribution >= 4 is 29.3 Å². The van der Waals surface area contributed by atoms with Gasteiger partial charge < -0.3 is 10.4 Å². The Bertz CT molecular complexity index is 501. The van der Waals surface area contributed by atoms with Gasteiger partial charge >= 0.3 is 5.97 Å². The summed E-state index contributed by atoms with van der Waals surface area (Å²) in [6, 6.07) is 1.86. The van der Waals surface area contributed by atoms with Crippen molar-refractivity contribution in [3.05, 3.63) is 28.0 Å². The van der Waals surface area contributed by atoms with Crippen molar-refractivity contribution in [3.8, 4) is 0 Å². The zero-order valence-electron chi connectivity index (χ0n) is 11.3. The fourth-order valence-corrected chi connectivity index (χ4v) is 3.34. The van der Waals surface area contributed by atoms with Crippen LogP contribution in [0.4, 0.5) is 0 Å². The first kappa shape index (κ1) is 14.8. The summed E-state index contributed by atoms with van der Waals surface area (Å²) < 4.78 is 0. The summed E-state index contributed by atoms with van der Waals surface area (Å²) in [5, 5.41) is 13.5. The molecule has 0 atom stereocenters. The first-order valence-electron chi connectivity index (χ1n) is 6.89. The fourth-order valence-electron chi connectivity index (χ4n) is 2.53. The van der Waals surface area contributed by atoms with Crippen LogP contribution in [0.25, 0.3) is 6.08 Å². The predicted molar refractivity (Wildman–Crippen MR) is 79.4 cm³/mol. The summed E-state index contributed by atoms with van der Waals surface area (Å²) in [5.41, 5.74) is 0.860. The molecule has 1 amide bonds. The maximum Gasteiger partial charge on any atom is 0.328 e. The van der Waals surface area contributed by atoms with Crippen molar-refractivity contribution in [2.24, 2.45) is 5.92 Å². The lowest BCUT2D eigenvalue weighted by atomic mass is 10.0. The van der Waals surface area contributed by atoms with E-state index in [1.165, 1.54) is 37.0 Å². The summed E-state index contributed by atoms with van der Waals surface area (Å²) >= 11 is 1.53. The third-order valence-corrected chi connectivity index (χ3v) is 4.52. The largest absolute Gasteiger partial charge is 0.478 e. The lowest BCUT2D eigenvalue weighted by Gasteiger charge is -2.09. The first-order valence-corrected chi connectivity index (χ1v) is 7.77. The number of hydrogen-bond donors (Lipinski definition) is 2.